The number of carboxylic acid groups (broad SMARTS) is 1. The van der Waals surface area contributed by atoms with E-state index in [9.17, 15) is 9.59 Å². The molecule has 0 saturated heterocycles. The number of carboxylic acids is 1. The molecule has 0 radical (unpaired) electrons. The molecule has 0 saturated carbocycles. The normalized spacial score (nSPS) is 11.9. The van der Waals surface area contributed by atoms with Gasteiger partial charge >= 0.3 is 5.97 Å². The summed E-state index contributed by atoms with van der Waals surface area (Å²) in [6.07, 6.45) is 4.19. The number of carbonyl (C=O) groups is 2. The minimum absolute atomic E-state index is 0.397. The molecule has 2 aromatic rings. The lowest BCUT2D eigenvalue weighted by Crippen LogP contribution is -2.40. The van der Waals surface area contributed by atoms with E-state index in [-0.39, 0.29) is 0 Å². The zero-order chi connectivity index (χ0) is 15.2. The summed E-state index contributed by atoms with van der Waals surface area (Å²) < 4.78 is 1.71. The molecule has 1 amide bonds. The van der Waals surface area contributed by atoms with Crippen LogP contribution in [0.5, 0.6) is 0 Å². The first-order chi connectivity index (χ1) is 10.1. The van der Waals surface area contributed by atoms with Crippen LogP contribution in [0.1, 0.15) is 30.1 Å². The van der Waals surface area contributed by atoms with Gasteiger partial charge in [-0.25, -0.2) is 4.79 Å². The number of benzene rings is 1. The molecule has 2 rings (SSSR count). The van der Waals surface area contributed by atoms with E-state index < -0.39 is 17.9 Å². The summed E-state index contributed by atoms with van der Waals surface area (Å²) in [5.41, 5.74) is 1.23. The third-order valence-corrected chi connectivity index (χ3v) is 3.03. The monoisotopic (exact) mass is 288 g/mol. The molecule has 1 heterocycles. The second kappa shape index (κ2) is 6.65. The average Bonchev–Trinajstić information content (AvgIpc) is 3.01. The van der Waals surface area contributed by atoms with Crippen LogP contribution in [0.25, 0.3) is 5.69 Å². The fourth-order valence-corrected chi connectivity index (χ4v) is 1.91. The predicted molar refractivity (Wildman–Crippen MR) is 75.2 cm³/mol. The summed E-state index contributed by atoms with van der Waals surface area (Å²) >= 11 is 0. The van der Waals surface area contributed by atoms with Crippen molar-refractivity contribution in [3.8, 4) is 5.69 Å². The van der Waals surface area contributed by atoms with Gasteiger partial charge in [0, 0.05) is 11.3 Å². The van der Waals surface area contributed by atoms with Crippen molar-refractivity contribution in [1.29, 1.82) is 0 Å². The van der Waals surface area contributed by atoms with Gasteiger partial charge in [0.25, 0.3) is 5.91 Å². The van der Waals surface area contributed by atoms with Gasteiger partial charge in [0.2, 0.25) is 0 Å². The molecule has 7 nitrogen and oxygen atoms in total. The lowest BCUT2D eigenvalue weighted by molar-refractivity contribution is -0.139. The molecule has 1 aromatic heterocycles. The minimum Gasteiger partial charge on any atom is -0.480 e. The van der Waals surface area contributed by atoms with Crippen LogP contribution in [0.3, 0.4) is 0 Å². The van der Waals surface area contributed by atoms with Gasteiger partial charge in [0.1, 0.15) is 18.7 Å². The molecule has 0 aliphatic heterocycles. The van der Waals surface area contributed by atoms with E-state index in [0.717, 1.165) is 5.69 Å². The molecule has 0 bridgehead atoms. The lowest BCUT2D eigenvalue weighted by atomic mass is 10.1. The van der Waals surface area contributed by atoms with Crippen molar-refractivity contribution < 1.29 is 14.7 Å². The van der Waals surface area contributed by atoms with Gasteiger partial charge in [-0.15, -0.1) is 10.2 Å². The van der Waals surface area contributed by atoms with E-state index in [4.69, 9.17) is 5.11 Å². The highest BCUT2D eigenvalue weighted by Gasteiger charge is 2.19. The van der Waals surface area contributed by atoms with Crippen molar-refractivity contribution in [2.24, 2.45) is 0 Å². The van der Waals surface area contributed by atoms with Gasteiger partial charge in [-0.3, -0.25) is 9.36 Å². The van der Waals surface area contributed by atoms with Gasteiger partial charge in [-0.05, 0) is 30.7 Å². The van der Waals surface area contributed by atoms with Crippen molar-refractivity contribution in [2.45, 2.75) is 25.8 Å². The van der Waals surface area contributed by atoms with Crippen molar-refractivity contribution in [3.05, 3.63) is 42.5 Å². The van der Waals surface area contributed by atoms with Crippen LogP contribution in [-0.4, -0.2) is 37.8 Å². The second-order valence-electron chi connectivity index (χ2n) is 4.57. The number of aromatic nitrogens is 3. The SMILES string of the molecule is CCCC(NC(=O)c1ccc(-n2cnnc2)cc1)C(=O)O. The average molecular weight is 288 g/mol. The Hall–Kier alpha value is -2.70. The van der Waals surface area contributed by atoms with Crippen molar-refractivity contribution in [3.63, 3.8) is 0 Å². The van der Waals surface area contributed by atoms with Crippen LogP contribution in [0.4, 0.5) is 0 Å². The van der Waals surface area contributed by atoms with Crippen LogP contribution in [0, 0.1) is 0 Å². The number of aliphatic carboxylic acids is 1. The summed E-state index contributed by atoms with van der Waals surface area (Å²) in [6, 6.07) is 5.90. The van der Waals surface area contributed by atoms with Crippen molar-refractivity contribution >= 4 is 11.9 Å². The first kappa shape index (κ1) is 14.7. The Morgan fingerprint density at radius 1 is 1.24 bits per heavy atom. The van der Waals surface area contributed by atoms with Crippen LogP contribution >= 0.6 is 0 Å². The number of hydrogen-bond acceptors (Lipinski definition) is 4. The molecule has 1 atom stereocenters. The maximum Gasteiger partial charge on any atom is 0.326 e. The minimum atomic E-state index is -1.02. The maximum atomic E-state index is 12.0. The number of hydrogen-bond donors (Lipinski definition) is 2. The molecule has 2 N–H and O–H groups in total. The Bertz CT molecular complexity index is 608. The highest BCUT2D eigenvalue weighted by Crippen LogP contribution is 2.09. The first-order valence-corrected chi connectivity index (χ1v) is 6.60. The number of amides is 1. The zero-order valence-corrected chi connectivity index (χ0v) is 11.6. The smallest absolute Gasteiger partial charge is 0.326 e. The summed E-state index contributed by atoms with van der Waals surface area (Å²) in [4.78, 5) is 23.1. The van der Waals surface area contributed by atoms with Crippen LogP contribution in [0.15, 0.2) is 36.9 Å². The topological polar surface area (TPSA) is 97.1 Å². The number of carbonyl (C=O) groups excluding carboxylic acids is 1. The largest absolute Gasteiger partial charge is 0.480 e. The highest BCUT2D eigenvalue weighted by molar-refractivity contribution is 5.96. The van der Waals surface area contributed by atoms with E-state index >= 15 is 0 Å². The Morgan fingerprint density at radius 3 is 2.38 bits per heavy atom. The molecular weight excluding hydrogens is 272 g/mol. The predicted octanol–water partition coefficient (Wildman–Crippen LogP) is 1.25. The highest BCUT2D eigenvalue weighted by atomic mass is 16.4. The molecule has 0 fully saturated rings. The molecule has 7 heteroatoms. The van der Waals surface area contributed by atoms with E-state index in [1.54, 1.807) is 41.5 Å². The Morgan fingerprint density at radius 2 is 1.86 bits per heavy atom. The van der Waals surface area contributed by atoms with Crippen molar-refractivity contribution in [1.82, 2.24) is 20.1 Å². The van der Waals surface area contributed by atoms with Gasteiger partial charge in [0.05, 0.1) is 0 Å². The third kappa shape index (κ3) is 3.65. The van der Waals surface area contributed by atoms with E-state index in [2.05, 4.69) is 15.5 Å². The van der Waals surface area contributed by atoms with Gasteiger partial charge in [-0.1, -0.05) is 13.3 Å². The Labute approximate surface area is 121 Å². The zero-order valence-electron chi connectivity index (χ0n) is 11.6. The third-order valence-electron chi connectivity index (χ3n) is 3.03. The lowest BCUT2D eigenvalue weighted by Gasteiger charge is -2.13. The molecule has 0 spiro atoms. The molecular formula is C14H16N4O3. The summed E-state index contributed by atoms with van der Waals surface area (Å²) in [7, 11) is 0. The quantitative estimate of drug-likeness (QED) is 0.833. The fraction of sp³-hybridized carbons (Fsp3) is 0.286. The summed E-state index contributed by atoms with van der Waals surface area (Å²) in [6.45, 7) is 1.87. The van der Waals surface area contributed by atoms with Gasteiger partial charge in [-0.2, -0.15) is 0 Å². The fourth-order valence-electron chi connectivity index (χ4n) is 1.91. The number of nitrogens with zero attached hydrogens (tertiary/aromatic N) is 3. The van der Waals surface area contributed by atoms with Crippen molar-refractivity contribution in [2.75, 3.05) is 0 Å². The van der Waals surface area contributed by atoms with E-state index in [1.807, 2.05) is 6.92 Å². The van der Waals surface area contributed by atoms with Crippen LogP contribution in [0.2, 0.25) is 0 Å². The first-order valence-electron chi connectivity index (χ1n) is 6.60. The summed E-state index contributed by atoms with van der Waals surface area (Å²) in [5, 5.41) is 19.0. The van der Waals surface area contributed by atoms with Crippen LogP contribution in [-0.2, 0) is 4.79 Å². The maximum absolute atomic E-state index is 12.0. The van der Waals surface area contributed by atoms with Gasteiger partial charge < -0.3 is 10.4 Å². The molecule has 21 heavy (non-hydrogen) atoms. The Balaban J connectivity index is 2.07. The van der Waals surface area contributed by atoms with Gasteiger partial charge in [0.15, 0.2) is 0 Å². The second-order valence-corrected chi connectivity index (χ2v) is 4.57. The van der Waals surface area contributed by atoms with Crippen LogP contribution < -0.4 is 5.32 Å². The molecule has 1 unspecified atom stereocenters. The molecule has 1 aromatic carbocycles. The van der Waals surface area contributed by atoms with E-state index in [1.165, 1.54) is 0 Å². The number of rotatable bonds is 6. The summed E-state index contributed by atoms with van der Waals surface area (Å²) in [5.74, 6) is -1.42. The number of nitrogens with one attached hydrogen (secondary N) is 1. The standard InChI is InChI=1S/C14H16N4O3/c1-2-3-12(14(20)21)17-13(19)10-4-6-11(7-5-10)18-8-15-16-9-18/h4-9,12H,2-3H2,1H3,(H,17,19)(H,20,21). The Kier molecular flexibility index (Phi) is 4.65. The molecule has 0 aliphatic carbocycles. The molecule has 110 valence electrons. The molecule has 0 aliphatic rings. The van der Waals surface area contributed by atoms with E-state index in [0.29, 0.717) is 18.4 Å².